The van der Waals surface area contributed by atoms with Crippen molar-refractivity contribution in [1.82, 2.24) is 0 Å². The van der Waals surface area contributed by atoms with Crippen molar-refractivity contribution in [3.05, 3.63) is 88.2 Å². The van der Waals surface area contributed by atoms with Crippen LogP contribution in [0.1, 0.15) is 34.2 Å². The zero-order valence-electron chi connectivity index (χ0n) is 15.0. The Hall–Kier alpha value is -3.34. The number of rotatable bonds is 2. The number of phenols is 2. The highest BCUT2D eigenvalue weighted by atomic mass is 19.1. The molecule has 1 amide bonds. The van der Waals surface area contributed by atoms with Gasteiger partial charge < -0.3 is 15.5 Å². The second kappa shape index (κ2) is 5.83. The molecule has 0 saturated heterocycles. The number of carbonyl (C=O) groups excluding carboxylic acids is 1. The summed E-state index contributed by atoms with van der Waals surface area (Å²) in [6, 6.07) is 14.3. The fraction of sp³-hybridized carbons (Fsp3) is 0.174. The van der Waals surface area contributed by atoms with E-state index in [0.717, 1.165) is 18.4 Å². The van der Waals surface area contributed by atoms with Crippen LogP contribution in [0, 0.1) is 5.82 Å². The Kier molecular flexibility index (Phi) is 3.50. The normalized spacial score (nSPS) is 16.5. The number of nitrogens with one attached hydrogen (secondary N) is 1. The van der Waals surface area contributed by atoms with Gasteiger partial charge in [-0.1, -0.05) is 24.3 Å². The monoisotopic (exact) mass is 375 g/mol. The van der Waals surface area contributed by atoms with Crippen molar-refractivity contribution in [3.8, 4) is 11.5 Å². The Bertz CT molecular complexity index is 1060. The molecule has 2 aliphatic rings. The largest absolute Gasteiger partial charge is 0.508 e. The van der Waals surface area contributed by atoms with E-state index in [0.29, 0.717) is 34.4 Å². The van der Waals surface area contributed by atoms with Crippen molar-refractivity contribution in [2.24, 2.45) is 0 Å². The molecule has 140 valence electrons. The highest BCUT2D eigenvalue weighted by Gasteiger charge is 2.51. The van der Waals surface area contributed by atoms with E-state index in [4.69, 9.17) is 0 Å². The minimum absolute atomic E-state index is 0.0865. The fourth-order valence-electron chi connectivity index (χ4n) is 4.66. The molecule has 0 bridgehead atoms. The van der Waals surface area contributed by atoms with E-state index in [-0.39, 0.29) is 23.2 Å². The first-order valence-electron chi connectivity index (χ1n) is 9.27. The average Bonchev–Trinajstić information content (AvgIpc) is 3.28. The van der Waals surface area contributed by atoms with Crippen LogP contribution in [-0.4, -0.2) is 16.1 Å². The van der Waals surface area contributed by atoms with Gasteiger partial charge in [0.2, 0.25) is 5.91 Å². The summed E-state index contributed by atoms with van der Waals surface area (Å²) in [5, 5.41) is 22.5. The van der Waals surface area contributed by atoms with Gasteiger partial charge >= 0.3 is 0 Å². The molecule has 0 spiro atoms. The second-order valence-corrected chi connectivity index (χ2v) is 7.39. The lowest BCUT2D eigenvalue weighted by Crippen LogP contribution is -2.37. The first kappa shape index (κ1) is 16.8. The molecule has 3 N–H and O–H groups in total. The van der Waals surface area contributed by atoms with E-state index >= 15 is 0 Å². The van der Waals surface area contributed by atoms with Gasteiger partial charge in [0.1, 0.15) is 22.7 Å². The van der Waals surface area contributed by atoms with Gasteiger partial charge in [-0.3, -0.25) is 4.79 Å². The molecule has 0 aromatic heterocycles. The van der Waals surface area contributed by atoms with E-state index in [1.165, 1.54) is 30.3 Å². The number of hydrogen-bond acceptors (Lipinski definition) is 3. The number of halogens is 1. The third-order valence-corrected chi connectivity index (χ3v) is 5.93. The van der Waals surface area contributed by atoms with Gasteiger partial charge in [0.05, 0.1) is 0 Å². The zero-order chi connectivity index (χ0) is 19.5. The van der Waals surface area contributed by atoms with E-state index in [2.05, 4.69) is 5.32 Å². The van der Waals surface area contributed by atoms with Crippen LogP contribution in [0.2, 0.25) is 0 Å². The standard InChI is InChI=1S/C23H18FNO3/c24-20-12-19-21(18-3-1-2-17(18)20)25-22(28)23(19,13-4-8-15(26)9-5-13)14-6-10-16(27)11-7-14/h4-12,26-27H,1-3H2,(H,25,28). The van der Waals surface area contributed by atoms with Crippen LogP contribution in [0.4, 0.5) is 10.1 Å². The molecular formula is C23H18FNO3. The lowest BCUT2D eigenvalue weighted by Gasteiger charge is -2.29. The molecule has 0 radical (unpaired) electrons. The molecule has 5 rings (SSSR count). The van der Waals surface area contributed by atoms with Crippen LogP contribution < -0.4 is 5.32 Å². The first-order valence-corrected chi connectivity index (χ1v) is 9.27. The molecule has 3 aromatic rings. The smallest absolute Gasteiger partial charge is 0.244 e. The van der Waals surface area contributed by atoms with Crippen LogP contribution in [0.25, 0.3) is 0 Å². The molecular weight excluding hydrogens is 357 g/mol. The quantitative estimate of drug-likeness (QED) is 0.634. The van der Waals surface area contributed by atoms with Crippen molar-refractivity contribution in [2.45, 2.75) is 24.7 Å². The maximum Gasteiger partial charge on any atom is 0.244 e. The third-order valence-electron chi connectivity index (χ3n) is 5.93. The third kappa shape index (κ3) is 2.13. The van der Waals surface area contributed by atoms with Crippen molar-refractivity contribution in [2.75, 3.05) is 5.32 Å². The van der Waals surface area contributed by atoms with Crippen molar-refractivity contribution >= 4 is 11.6 Å². The predicted molar refractivity (Wildman–Crippen MR) is 103 cm³/mol. The predicted octanol–water partition coefficient (Wildman–Crippen LogP) is 4.01. The molecule has 0 unspecified atom stereocenters. The highest BCUT2D eigenvalue weighted by Crippen LogP contribution is 2.51. The Morgan fingerprint density at radius 1 is 0.857 bits per heavy atom. The van der Waals surface area contributed by atoms with Gasteiger partial charge in [0.25, 0.3) is 0 Å². The van der Waals surface area contributed by atoms with E-state index in [1.807, 2.05) is 0 Å². The van der Waals surface area contributed by atoms with Gasteiger partial charge in [-0.2, -0.15) is 0 Å². The maximum absolute atomic E-state index is 15.0. The summed E-state index contributed by atoms with van der Waals surface area (Å²) in [7, 11) is 0. The number of hydrogen-bond donors (Lipinski definition) is 3. The lowest BCUT2D eigenvalue weighted by atomic mass is 9.70. The molecule has 28 heavy (non-hydrogen) atoms. The Morgan fingerprint density at radius 3 is 1.96 bits per heavy atom. The van der Waals surface area contributed by atoms with Gasteiger partial charge in [0, 0.05) is 11.3 Å². The lowest BCUT2D eigenvalue weighted by molar-refractivity contribution is -0.118. The number of benzene rings is 3. The number of phenolic OH excluding ortho intramolecular Hbond substituents is 2. The van der Waals surface area contributed by atoms with Crippen LogP contribution in [0.5, 0.6) is 11.5 Å². The minimum atomic E-state index is -1.25. The molecule has 4 nitrogen and oxygen atoms in total. The summed E-state index contributed by atoms with van der Waals surface area (Å²) >= 11 is 0. The Labute approximate surface area is 161 Å². The van der Waals surface area contributed by atoms with Crippen molar-refractivity contribution < 1.29 is 19.4 Å². The molecule has 1 aliphatic carbocycles. The second-order valence-electron chi connectivity index (χ2n) is 7.39. The maximum atomic E-state index is 15.0. The minimum Gasteiger partial charge on any atom is -0.508 e. The average molecular weight is 375 g/mol. The number of carbonyl (C=O) groups is 1. The topological polar surface area (TPSA) is 69.6 Å². The highest BCUT2D eigenvalue weighted by molar-refractivity contribution is 6.12. The number of aromatic hydroxyl groups is 2. The number of anilines is 1. The van der Waals surface area contributed by atoms with Crippen LogP contribution in [0.15, 0.2) is 54.6 Å². The summed E-state index contributed by atoms with van der Waals surface area (Å²) in [5.74, 6) is -0.380. The van der Waals surface area contributed by atoms with Crippen LogP contribution in [-0.2, 0) is 23.1 Å². The summed E-state index contributed by atoms with van der Waals surface area (Å²) in [5.41, 5.74) is 2.84. The molecule has 1 heterocycles. The zero-order valence-corrected chi connectivity index (χ0v) is 15.0. The van der Waals surface area contributed by atoms with Crippen molar-refractivity contribution in [3.63, 3.8) is 0 Å². The number of amides is 1. The van der Waals surface area contributed by atoms with Gasteiger partial charge in [-0.15, -0.1) is 0 Å². The number of fused-ring (bicyclic) bond motifs is 3. The van der Waals surface area contributed by atoms with Gasteiger partial charge in [-0.25, -0.2) is 4.39 Å². The Balaban J connectivity index is 1.86. The molecule has 1 aliphatic heterocycles. The SMILES string of the molecule is O=C1Nc2c(cc(F)c3c2CCC3)C1(c1ccc(O)cc1)c1ccc(O)cc1. The van der Waals surface area contributed by atoms with E-state index < -0.39 is 5.41 Å². The molecule has 5 heteroatoms. The van der Waals surface area contributed by atoms with Crippen LogP contribution >= 0.6 is 0 Å². The van der Waals surface area contributed by atoms with Gasteiger partial charge in [0.15, 0.2) is 0 Å². The first-order chi connectivity index (χ1) is 13.5. The van der Waals surface area contributed by atoms with Crippen LogP contribution in [0.3, 0.4) is 0 Å². The van der Waals surface area contributed by atoms with Crippen molar-refractivity contribution in [1.29, 1.82) is 0 Å². The molecule has 3 aromatic carbocycles. The van der Waals surface area contributed by atoms with Gasteiger partial charge in [-0.05, 0) is 71.8 Å². The van der Waals surface area contributed by atoms with E-state index in [9.17, 15) is 19.4 Å². The summed E-state index contributed by atoms with van der Waals surface area (Å²) in [6.07, 6.45) is 2.27. The molecule has 0 saturated carbocycles. The van der Waals surface area contributed by atoms with E-state index in [1.54, 1.807) is 24.3 Å². The molecule has 0 atom stereocenters. The summed E-state index contributed by atoms with van der Waals surface area (Å²) in [4.78, 5) is 13.5. The Morgan fingerprint density at radius 2 is 1.39 bits per heavy atom. The fourth-order valence-corrected chi connectivity index (χ4v) is 4.66. The molecule has 0 fully saturated rings. The summed E-state index contributed by atoms with van der Waals surface area (Å²) in [6.45, 7) is 0. The summed E-state index contributed by atoms with van der Waals surface area (Å²) < 4.78 is 15.0.